The maximum Gasteiger partial charge on any atom is 0.237 e. The molecule has 0 fully saturated rings. The first kappa shape index (κ1) is 14.7. The number of halogens is 1. The van der Waals surface area contributed by atoms with Crippen LogP contribution < -0.4 is 15.8 Å². The van der Waals surface area contributed by atoms with Crippen LogP contribution in [-0.4, -0.2) is 24.1 Å². The lowest BCUT2D eigenvalue weighted by Crippen LogP contribution is -2.42. The summed E-state index contributed by atoms with van der Waals surface area (Å²) < 4.78 is 18.0. The zero-order valence-corrected chi connectivity index (χ0v) is 10.9. The predicted octanol–water partition coefficient (Wildman–Crippen LogP) is 1.55. The number of nitrogens with two attached hydrogens (primary N) is 1. The van der Waals surface area contributed by atoms with E-state index in [9.17, 15) is 9.18 Å². The molecule has 19 heavy (non-hydrogen) atoms. The van der Waals surface area contributed by atoms with Crippen molar-refractivity contribution in [1.29, 1.82) is 0 Å². The number of hydrogen-bond donors (Lipinski definition) is 3. The van der Waals surface area contributed by atoms with E-state index in [1.165, 1.54) is 39.2 Å². The summed E-state index contributed by atoms with van der Waals surface area (Å²) in [7, 11) is 1.32. The first-order valence-electron chi connectivity index (χ1n) is 5.46. The number of nitrogens with zero attached hydrogens (tertiary/aromatic N) is 1. The summed E-state index contributed by atoms with van der Waals surface area (Å²) >= 11 is 0. The highest BCUT2D eigenvalue weighted by Gasteiger charge is 2.33. The minimum absolute atomic E-state index is 0.0133. The first-order valence-corrected chi connectivity index (χ1v) is 5.46. The maximum atomic E-state index is 13.2. The lowest BCUT2D eigenvalue weighted by Gasteiger charge is -2.21. The molecule has 0 aromatic heterocycles. The van der Waals surface area contributed by atoms with Gasteiger partial charge in [0.1, 0.15) is 5.41 Å². The monoisotopic (exact) mass is 269 g/mol. The van der Waals surface area contributed by atoms with Crippen LogP contribution in [0.5, 0.6) is 5.75 Å². The van der Waals surface area contributed by atoms with Gasteiger partial charge in [0.05, 0.1) is 7.11 Å². The Hall–Kier alpha value is -2.31. The van der Waals surface area contributed by atoms with Crippen LogP contribution in [0.1, 0.15) is 13.8 Å². The Labute approximate surface area is 110 Å². The van der Waals surface area contributed by atoms with Crippen molar-refractivity contribution < 1.29 is 19.1 Å². The summed E-state index contributed by atoms with van der Waals surface area (Å²) in [6.45, 7) is 3.00. The van der Waals surface area contributed by atoms with Crippen molar-refractivity contribution in [2.24, 2.45) is 16.3 Å². The quantitative estimate of drug-likeness (QED) is 0.334. The Morgan fingerprint density at radius 3 is 2.68 bits per heavy atom. The molecule has 0 bridgehead atoms. The maximum absolute atomic E-state index is 13.2. The minimum atomic E-state index is -1.20. The van der Waals surface area contributed by atoms with E-state index >= 15 is 0 Å². The number of carbonyl (C=O) groups is 1. The van der Waals surface area contributed by atoms with E-state index in [4.69, 9.17) is 15.7 Å². The molecule has 0 radical (unpaired) electrons. The molecule has 1 aromatic carbocycles. The molecular formula is C12H16FN3O3. The molecule has 0 unspecified atom stereocenters. The average molecular weight is 269 g/mol. The molecule has 1 amide bonds. The van der Waals surface area contributed by atoms with Crippen LogP contribution in [0.4, 0.5) is 10.1 Å². The fourth-order valence-electron chi connectivity index (χ4n) is 1.27. The summed E-state index contributed by atoms with van der Waals surface area (Å²) in [6, 6.07) is 3.90. The summed E-state index contributed by atoms with van der Waals surface area (Å²) in [6.07, 6.45) is 0. The SMILES string of the molecule is COc1cc(NC(=O)C(C)(C)/C(N)=N/O)ccc1F. The molecule has 1 aromatic rings. The Kier molecular flexibility index (Phi) is 4.31. The van der Waals surface area contributed by atoms with Crippen molar-refractivity contribution in [3.63, 3.8) is 0 Å². The average Bonchev–Trinajstić information content (AvgIpc) is 2.39. The Bertz CT molecular complexity index is 515. The van der Waals surface area contributed by atoms with Gasteiger partial charge in [-0.2, -0.15) is 0 Å². The van der Waals surface area contributed by atoms with Crippen LogP contribution in [0.2, 0.25) is 0 Å². The van der Waals surface area contributed by atoms with Crippen molar-refractivity contribution in [3.8, 4) is 5.75 Å². The second-order valence-corrected chi connectivity index (χ2v) is 4.41. The van der Waals surface area contributed by atoms with Gasteiger partial charge in [-0.3, -0.25) is 4.79 Å². The van der Waals surface area contributed by atoms with Crippen LogP contribution >= 0.6 is 0 Å². The van der Waals surface area contributed by atoms with Gasteiger partial charge in [-0.15, -0.1) is 0 Å². The number of amides is 1. The molecule has 1 rings (SSSR count). The van der Waals surface area contributed by atoms with Crippen LogP contribution in [0.3, 0.4) is 0 Å². The third kappa shape index (κ3) is 3.12. The molecule has 0 saturated carbocycles. The lowest BCUT2D eigenvalue weighted by molar-refractivity contribution is -0.121. The number of methoxy groups -OCH3 is 1. The third-order valence-electron chi connectivity index (χ3n) is 2.72. The van der Waals surface area contributed by atoms with E-state index in [-0.39, 0.29) is 11.6 Å². The summed E-state index contributed by atoms with van der Waals surface area (Å²) in [5.74, 6) is -1.23. The highest BCUT2D eigenvalue weighted by molar-refractivity contribution is 6.11. The number of ether oxygens (including phenoxy) is 1. The van der Waals surface area contributed by atoms with Gasteiger partial charge in [0.15, 0.2) is 17.4 Å². The second kappa shape index (κ2) is 5.55. The molecule has 0 spiro atoms. The second-order valence-electron chi connectivity index (χ2n) is 4.41. The molecule has 0 heterocycles. The molecule has 6 nitrogen and oxygen atoms in total. The lowest BCUT2D eigenvalue weighted by atomic mass is 9.91. The third-order valence-corrected chi connectivity index (χ3v) is 2.72. The fourth-order valence-corrected chi connectivity index (χ4v) is 1.27. The number of oxime groups is 1. The largest absolute Gasteiger partial charge is 0.494 e. The standard InChI is InChI=1S/C12H16FN3O3/c1-12(2,10(14)16-18)11(17)15-7-4-5-8(13)9(6-7)19-3/h4-6,18H,1-3H3,(H2,14,16)(H,15,17). The van der Waals surface area contributed by atoms with Gasteiger partial charge in [-0.25, -0.2) is 4.39 Å². The van der Waals surface area contributed by atoms with E-state index in [1.54, 1.807) is 0 Å². The van der Waals surface area contributed by atoms with Crippen LogP contribution in [0.25, 0.3) is 0 Å². The summed E-state index contributed by atoms with van der Waals surface area (Å²) in [5.41, 5.74) is 4.59. The van der Waals surface area contributed by atoms with Crippen molar-refractivity contribution in [2.75, 3.05) is 12.4 Å². The zero-order chi connectivity index (χ0) is 14.6. The Morgan fingerprint density at radius 1 is 1.53 bits per heavy atom. The summed E-state index contributed by atoms with van der Waals surface area (Å²) in [4.78, 5) is 12.0. The Morgan fingerprint density at radius 2 is 2.16 bits per heavy atom. The van der Waals surface area contributed by atoms with Gasteiger partial charge in [0.2, 0.25) is 5.91 Å². The molecule has 0 aliphatic carbocycles. The van der Waals surface area contributed by atoms with Gasteiger partial charge < -0.3 is 21.0 Å². The van der Waals surface area contributed by atoms with Crippen molar-refractivity contribution in [2.45, 2.75) is 13.8 Å². The van der Waals surface area contributed by atoms with Crippen LogP contribution in [0, 0.1) is 11.2 Å². The minimum Gasteiger partial charge on any atom is -0.494 e. The normalized spacial score (nSPS) is 12.1. The van der Waals surface area contributed by atoms with Gasteiger partial charge >= 0.3 is 0 Å². The van der Waals surface area contributed by atoms with Crippen molar-refractivity contribution >= 4 is 17.4 Å². The number of anilines is 1. The highest BCUT2D eigenvalue weighted by Crippen LogP contribution is 2.24. The number of carbonyl (C=O) groups excluding carboxylic acids is 1. The molecule has 0 saturated heterocycles. The number of rotatable bonds is 4. The van der Waals surface area contributed by atoms with E-state index < -0.39 is 17.1 Å². The van der Waals surface area contributed by atoms with Gasteiger partial charge in [0, 0.05) is 11.8 Å². The predicted molar refractivity (Wildman–Crippen MR) is 68.8 cm³/mol. The summed E-state index contributed by atoms with van der Waals surface area (Å²) in [5, 5.41) is 14.0. The molecule has 4 N–H and O–H groups in total. The van der Waals surface area contributed by atoms with E-state index in [0.717, 1.165) is 0 Å². The highest BCUT2D eigenvalue weighted by atomic mass is 19.1. The van der Waals surface area contributed by atoms with Gasteiger partial charge in [0.25, 0.3) is 0 Å². The fraction of sp³-hybridized carbons (Fsp3) is 0.333. The zero-order valence-electron chi connectivity index (χ0n) is 10.9. The van der Waals surface area contributed by atoms with Crippen LogP contribution in [0.15, 0.2) is 23.4 Å². The molecular weight excluding hydrogens is 253 g/mol. The molecule has 0 aliphatic heterocycles. The molecule has 104 valence electrons. The number of nitrogens with one attached hydrogen (secondary N) is 1. The van der Waals surface area contributed by atoms with E-state index in [0.29, 0.717) is 5.69 Å². The first-order chi connectivity index (χ1) is 8.82. The van der Waals surface area contributed by atoms with E-state index in [1.807, 2.05) is 0 Å². The molecule has 0 aliphatic rings. The van der Waals surface area contributed by atoms with Crippen molar-refractivity contribution in [1.82, 2.24) is 0 Å². The van der Waals surface area contributed by atoms with Crippen molar-refractivity contribution in [3.05, 3.63) is 24.0 Å². The number of amidine groups is 1. The van der Waals surface area contributed by atoms with Crippen LogP contribution in [-0.2, 0) is 4.79 Å². The van der Waals surface area contributed by atoms with Gasteiger partial charge in [-0.1, -0.05) is 5.16 Å². The Balaban J connectivity index is 2.94. The number of benzene rings is 1. The van der Waals surface area contributed by atoms with Gasteiger partial charge in [-0.05, 0) is 26.0 Å². The molecule has 0 atom stereocenters. The van der Waals surface area contributed by atoms with E-state index in [2.05, 4.69) is 10.5 Å². The smallest absolute Gasteiger partial charge is 0.237 e. The molecule has 7 heteroatoms. The topological polar surface area (TPSA) is 96.9 Å². The number of hydrogen-bond acceptors (Lipinski definition) is 4.